The Balaban J connectivity index is 2.38. The van der Waals surface area contributed by atoms with Crippen molar-refractivity contribution in [1.29, 1.82) is 5.26 Å². The van der Waals surface area contributed by atoms with E-state index in [1.54, 1.807) is 10.7 Å². The van der Waals surface area contributed by atoms with E-state index in [-0.39, 0.29) is 5.88 Å². The monoisotopic (exact) mass is 299 g/mol. The van der Waals surface area contributed by atoms with Gasteiger partial charge in [-0.1, -0.05) is 13.0 Å². The molecule has 0 saturated carbocycles. The van der Waals surface area contributed by atoms with Crippen LogP contribution in [0.2, 0.25) is 0 Å². The van der Waals surface area contributed by atoms with Gasteiger partial charge in [-0.05, 0) is 18.6 Å². The zero-order valence-corrected chi connectivity index (χ0v) is 12.6. The number of aromatic nitrogens is 4. The molecule has 0 saturated heterocycles. The van der Waals surface area contributed by atoms with Gasteiger partial charge in [0.15, 0.2) is 0 Å². The van der Waals surface area contributed by atoms with E-state index < -0.39 is 0 Å². The van der Waals surface area contributed by atoms with Gasteiger partial charge in [0.05, 0.1) is 28.3 Å². The third kappa shape index (κ3) is 2.08. The average Bonchev–Trinajstić information content (AvgIpc) is 3.05. The molecule has 0 fully saturated rings. The number of aryl methyl sites for hydroxylation is 2. The summed E-state index contributed by atoms with van der Waals surface area (Å²) >= 11 is 6.06. The number of imidazole rings is 1. The fourth-order valence-corrected chi connectivity index (χ4v) is 2.74. The van der Waals surface area contributed by atoms with Crippen molar-refractivity contribution < 1.29 is 0 Å². The van der Waals surface area contributed by atoms with E-state index in [0.717, 1.165) is 29.1 Å². The zero-order valence-electron chi connectivity index (χ0n) is 11.8. The fraction of sp³-hybridized carbons (Fsp3) is 0.267. The number of para-hydroxylation sites is 1. The number of halogens is 1. The summed E-state index contributed by atoms with van der Waals surface area (Å²) in [6, 6.07) is 7.76. The number of fused-ring (bicyclic) bond motifs is 1. The molecule has 1 aromatic carbocycles. The molecule has 0 amide bonds. The molecule has 3 rings (SSSR count). The predicted molar refractivity (Wildman–Crippen MR) is 81.5 cm³/mol. The number of rotatable bonds is 3. The van der Waals surface area contributed by atoms with Crippen molar-refractivity contribution >= 4 is 22.6 Å². The highest BCUT2D eigenvalue weighted by Gasteiger charge is 2.18. The lowest BCUT2D eigenvalue weighted by molar-refractivity contribution is 0.746. The molecule has 2 aromatic heterocycles. The summed E-state index contributed by atoms with van der Waals surface area (Å²) in [5, 5.41) is 13.7. The van der Waals surface area contributed by atoms with Gasteiger partial charge in [0.2, 0.25) is 0 Å². The van der Waals surface area contributed by atoms with E-state index in [0.29, 0.717) is 11.1 Å². The third-order valence-corrected chi connectivity index (χ3v) is 3.69. The summed E-state index contributed by atoms with van der Waals surface area (Å²) in [5.74, 6) is 0.995. The second-order valence-electron chi connectivity index (χ2n) is 4.77. The predicted octanol–water partition coefficient (Wildman–Crippen LogP) is 2.93. The molecule has 0 bridgehead atoms. The Morgan fingerprint density at radius 2 is 2.19 bits per heavy atom. The molecular weight excluding hydrogens is 286 g/mol. The SMILES string of the molecule is CCc1nn(C)cc1-n1c(CCl)nc2c(C#N)cccc21. The fourth-order valence-electron chi connectivity index (χ4n) is 2.56. The molecule has 0 radical (unpaired) electrons. The summed E-state index contributed by atoms with van der Waals surface area (Å²) in [4.78, 5) is 4.53. The van der Waals surface area contributed by atoms with Crippen molar-refractivity contribution in [2.75, 3.05) is 0 Å². The van der Waals surface area contributed by atoms with Crippen LogP contribution in [-0.4, -0.2) is 19.3 Å². The average molecular weight is 300 g/mol. The Kier molecular flexibility index (Phi) is 3.40. The van der Waals surface area contributed by atoms with Crippen molar-refractivity contribution in [1.82, 2.24) is 19.3 Å². The maximum Gasteiger partial charge on any atom is 0.129 e. The number of hydrogen-bond acceptors (Lipinski definition) is 3. The molecular formula is C15H14ClN5. The van der Waals surface area contributed by atoms with Crippen LogP contribution in [-0.2, 0) is 19.3 Å². The summed E-state index contributed by atoms with van der Waals surface area (Å²) in [7, 11) is 1.89. The molecule has 0 N–H and O–H groups in total. The summed E-state index contributed by atoms with van der Waals surface area (Å²) in [6.45, 7) is 2.06. The van der Waals surface area contributed by atoms with E-state index in [1.165, 1.54) is 0 Å². The van der Waals surface area contributed by atoms with Gasteiger partial charge in [0, 0.05) is 13.2 Å². The summed E-state index contributed by atoms with van der Waals surface area (Å²) in [6.07, 6.45) is 2.77. The largest absolute Gasteiger partial charge is 0.292 e. The van der Waals surface area contributed by atoms with E-state index in [2.05, 4.69) is 23.1 Å². The Hall–Kier alpha value is -2.32. The van der Waals surface area contributed by atoms with Crippen LogP contribution in [0.15, 0.2) is 24.4 Å². The van der Waals surface area contributed by atoms with E-state index in [1.807, 2.05) is 29.9 Å². The molecule has 0 unspecified atom stereocenters. The molecule has 0 aliphatic carbocycles. The molecule has 106 valence electrons. The van der Waals surface area contributed by atoms with Crippen LogP contribution in [0.1, 0.15) is 24.0 Å². The van der Waals surface area contributed by atoms with Crippen molar-refractivity contribution in [2.45, 2.75) is 19.2 Å². The van der Waals surface area contributed by atoms with E-state index in [9.17, 15) is 5.26 Å². The quantitative estimate of drug-likeness (QED) is 0.699. The molecule has 21 heavy (non-hydrogen) atoms. The minimum absolute atomic E-state index is 0.275. The van der Waals surface area contributed by atoms with Gasteiger partial charge in [-0.3, -0.25) is 9.25 Å². The number of alkyl halides is 1. The maximum atomic E-state index is 9.24. The van der Waals surface area contributed by atoms with Gasteiger partial charge >= 0.3 is 0 Å². The lowest BCUT2D eigenvalue weighted by Crippen LogP contribution is -2.01. The number of nitrogens with zero attached hydrogens (tertiary/aromatic N) is 5. The van der Waals surface area contributed by atoms with Crippen molar-refractivity contribution in [3.8, 4) is 11.8 Å². The molecule has 3 aromatic rings. The van der Waals surface area contributed by atoms with Crippen LogP contribution in [0.4, 0.5) is 0 Å². The van der Waals surface area contributed by atoms with Gasteiger partial charge in [-0.25, -0.2) is 4.98 Å². The Labute approximate surface area is 127 Å². The highest BCUT2D eigenvalue weighted by atomic mass is 35.5. The van der Waals surface area contributed by atoms with Gasteiger partial charge in [-0.15, -0.1) is 11.6 Å². The molecule has 5 nitrogen and oxygen atoms in total. The Morgan fingerprint density at radius 1 is 1.38 bits per heavy atom. The first-order chi connectivity index (χ1) is 10.2. The van der Waals surface area contributed by atoms with Gasteiger partial charge < -0.3 is 0 Å². The lowest BCUT2D eigenvalue weighted by atomic mass is 10.2. The number of benzene rings is 1. The van der Waals surface area contributed by atoms with Crippen LogP contribution < -0.4 is 0 Å². The number of nitriles is 1. The molecule has 0 spiro atoms. The Morgan fingerprint density at radius 3 is 2.86 bits per heavy atom. The minimum atomic E-state index is 0.275. The summed E-state index contributed by atoms with van der Waals surface area (Å²) < 4.78 is 3.78. The first-order valence-corrected chi connectivity index (χ1v) is 7.22. The normalized spacial score (nSPS) is 11.0. The molecule has 2 heterocycles. The molecule has 6 heteroatoms. The highest BCUT2D eigenvalue weighted by Crippen LogP contribution is 2.26. The standard InChI is InChI=1S/C15H14ClN5/c1-3-11-13(9-20(2)19-11)21-12-6-4-5-10(8-17)15(12)18-14(21)7-16/h4-6,9H,3,7H2,1-2H3. The first-order valence-electron chi connectivity index (χ1n) is 6.68. The second kappa shape index (κ2) is 5.23. The van der Waals surface area contributed by atoms with Crippen LogP contribution >= 0.6 is 11.6 Å². The highest BCUT2D eigenvalue weighted by molar-refractivity contribution is 6.17. The van der Waals surface area contributed by atoms with Crippen LogP contribution in [0.5, 0.6) is 0 Å². The third-order valence-electron chi connectivity index (χ3n) is 3.45. The van der Waals surface area contributed by atoms with E-state index in [4.69, 9.17) is 11.6 Å². The van der Waals surface area contributed by atoms with Gasteiger partial charge in [0.1, 0.15) is 17.4 Å². The topological polar surface area (TPSA) is 59.4 Å². The van der Waals surface area contributed by atoms with Crippen LogP contribution in [0.25, 0.3) is 16.7 Å². The van der Waals surface area contributed by atoms with E-state index >= 15 is 0 Å². The van der Waals surface area contributed by atoms with Crippen LogP contribution in [0, 0.1) is 11.3 Å². The maximum absolute atomic E-state index is 9.24. The van der Waals surface area contributed by atoms with Gasteiger partial charge in [0.25, 0.3) is 0 Å². The van der Waals surface area contributed by atoms with Crippen molar-refractivity contribution in [3.63, 3.8) is 0 Å². The van der Waals surface area contributed by atoms with Crippen molar-refractivity contribution in [3.05, 3.63) is 41.5 Å². The smallest absolute Gasteiger partial charge is 0.129 e. The van der Waals surface area contributed by atoms with Crippen LogP contribution in [0.3, 0.4) is 0 Å². The Bertz CT molecular complexity index is 853. The second-order valence-corrected chi connectivity index (χ2v) is 5.04. The minimum Gasteiger partial charge on any atom is -0.292 e. The first kappa shape index (κ1) is 13.7. The number of hydrogen-bond donors (Lipinski definition) is 0. The lowest BCUT2D eigenvalue weighted by Gasteiger charge is -2.06. The molecule has 0 aliphatic heterocycles. The van der Waals surface area contributed by atoms with Crippen molar-refractivity contribution in [2.24, 2.45) is 7.05 Å². The summed E-state index contributed by atoms with van der Waals surface area (Å²) in [5.41, 5.74) is 4.06. The molecule has 0 atom stereocenters. The van der Waals surface area contributed by atoms with Gasteiger partial charge in [-0.2, -0.15) is 10.4 Å². The molecule has 0 aliphatic rings. The zero-order chi connectivity index (χ0) is 15.0.